The van der Waals surface area contributed by atoms with Gasteiger partial charge in [-0.1, -0.05) is 17.8 Å². The third-order valence-electron chi connectivity index (χ3n) is 3.37. The molecule has 0 radical (unpaired) electrons. The van der Waals surface area contributed by atoms with Crippen LogP contribution in [0.4, 0.5) is 0 Å². The van der Waals surface area contributed by atoms with Crippen LogP contribution in [-0.2, 0) is 19.5 Å². The van der Waals surface area contributed by atoms with Gasteiger partial charge in [-0.3, -0.25) is 4.90 Å². The Morgan fingerprint density at radius 2 is 2.20 bits per heavy atom. The molecule has 0 aromatic carbocycles. The van der Waals surface area contributed by atoms with Gasteiger partial charge < -0.3 is 0 Å². The number of hydrogen-bond donors (Lipinski definition) is 0. The minimum absolute atomic E-state index is 0.870. The smallest absolute Gasteiger partial charge is 0.187 e. The predicted molar refractivity (Wildman–Crippen MR) is 83.6 cm³/mol. The summed E-state index contributed by atoms with van der Waals surface area (Å²) in [6.07, 6.45) is 6.90. The molecule has 0 bridgehead atoms. The fourth-order valence-corrected chi connectivity index (χ4v) is 2.94. The first-order chi connectivity index (χ1) is 9.74. The SMILES string of the molecule is CSc1ncc2c(n1)CCN(Cc1ccc(Br)nc1)C2. The molecule has 3 heterocycles. The highest BCUT2D eigenvalue weighted by Crippen LogP contribution is 2.20. The lowest BCUT2D eigenvalue weighted by molar-refractivity contribution is 0.242. The second kappa shape index (κ2) is 6.20. The van der Waals surface area contributed by atoms with Crippen LogP contribution in [-0.4, -0.2) is 32.7 Å². The van der Waals surface area contributed by atoms with Crippen LogP contribution in [0.2, 0.25) is 0 Å². The Morgan fingerprint density at radius 1 is 1.30 bits per heavy atom. The average molecular weight is 351 g/mol. The van der Waals surface area contributed by atoms with Crippen molar-refractivity contribution in [2.24, 2.45) is 0 Å². The van der Waals surface area contributed by atoms with Crippen LogP contribution in [0.1, 0.15) is 16.8 Å². The number of nitrogens with zero attached hydrogens (tertiary/aromatic N) is 4. The van der Waals surface area contributed by atoms with Gasteiger partial charge in [-0.05, 0) is 33.8 Å². The predicted octanol–water partition coefficient (Wildman–Crippen LogP) is 2.91. The molecule has 104 valence electrons. The Morgan fingerprint density at radius 3 is 2.95 bits per heavy atom. The van der Waals surface area contributed by atoms with Crippen molar-refractivity contribution in [1.82, 2.24) is 19.9 Å². The molecule has 0 N–H and O–H groups in total. The highest BCUT2D eigenvalue weighted by Gasteiger charge is 2.18. The maximum Gasteiger partial charge on any atom is 0.187 e. The van der Waals surface area contributed by atoms with E-state index < -0.39 is 0 Å². The summed E-state index contributed by atoms with van der Waals surface area (Å²) in [6.45, 7) is 2.87. The summed E-state index contributed by atoms with van der Waals surface area (Å²) in [5.41, 5.74) is 3.69. The summed E-state index contributed by atoms with van der Waals surface area (Å²) < 4.78 is 0.878. The van der Waals surface area contributed by atoms with Gasteiger partial charge in [-0.25, -0.2) is 15.0 Å². The van der Waals surface area contributed by atoms with Crippen LogP contribution in [0.15, 0.2) is 34.3 Å². The van der Waals surface area contributed by atoms with E-state index in [1.807, 2.05) is 24.7 Å². The van der Waals surface area contributed by atoms with Gasteiger partial charge in [-0.2, -0.15) is 0 Å². The highest BCUT2D eigenvalue weighted by molar-refractivity contribution is 9.10. The van der Waals surface area contributed by atoms with Gasteiger partial charge in [0.15, 0.2) is 5.16 Å². The van der Waals surface area contributed by atoms with E-state index in [-0.39, 0.29) is 0 Å². The van der Waals surface area contributed by atoms with Crippen molar-refractivity contribution in [2.45, 2.75) is 24.7 Å². The molecule has 0 spiro atoms. The number of aromatic nitrogens is 3. The second-order valence-electron chi connectivity index (χ2n) is 4.78. The van der Waals surface area contributed by atoms with E-state index in [4.69, 9.17) is 0 Å². The monoisotopic (exact) mass is 350 g/mol. The van der Waals surface area contributed by atoms with Gasteiger partial charge in [0.05, 0.1) is 5.69 Å². The molecule has 2 aromatic heterocycles. The van der Waals surface area contributed by atoms with Gasteiger partial charge >= 0.3 is 0 Å². The minimum atomic E-state index is 0.870. The Balaban J connectivity index is 1.70. The lowest BCUT2D eigenvalue weighted by Gasteiger charge is -2.27. The normalized spacial score (nSPS) is 15.1. The minimum Gasteiger partial charge on any atom is -0.294 e. The van der Waals surface area contributed by atoms with Crippen molar-refractivity contribution in [1.29, 1.82) is 0 Å². The van der Waals surface area contributed by atoms with E-state index in [0.717, 1.165) is 35.8 Å². The first kappa shape index (κ1) is 14.0. The molecule has 0 saturated carbocycles. The Kier molecular flexibility index (Phi) is 4.33. The molecule has 0 atom stereocenters. The molecule has 1 aliphatic heterocycles. The van der Waals surface area contributed by atoms with Crippen LogP contribution in [0, 0.1) is 0 Å². The fraction of sp³-hybridized carbons (Fsp3) is 0.357. The summed E-state index contributed by atoms with van der Waals surface area (Å²) in [5.74, 6) is 0. The topological polar surface area (TPSA) is 41.9 Å². The molecule has 0 saturated heterocycles. The molecule has 2 aromatic rings. The molecule has 0 fully saturated rings. The van der Waals surface area contributed by atoms with Crippen LogP contribution < -0.4 is 0 Å². The summed E-state index contributed by atoms with van der Waals surface area (Å²) in [5, 5.41) is 0.870. The second-order valence-corrected chi connectivity index (χ2v) is 6.36. The van der Waals surface area contributed by atoms with Crippen LogP contribution in [0.3, 0.4) is 0 Å². The maximum absolute atomic E-state index is 4.59. The summed E-state index contributed by atoms with van der Waals surface area (Å²) in [6, 6.07) is 4.10. The van der Waals surface area contributed by atoms with Crippen molar-refractivity contribution < 1.29 is 0 Å². The van der Waals surface area contributed by atoms with Crippen molar-refractivity contribution in [3.8, 4) is 0 Å². The molecule has 20 heavy (non-hydrogen) atoms. The van der Waals surface area contributed by atoms with Crippen molar-refractivity contribution in [3.05, 3.63) is 46.0 Å². The molecular formula is C14H15BrN4S. The lowest BCUT2D eigenvalue weighted by atomic mass is 10.1. The van der Waals surface area contributed by atoms with Crippen LogP contribution in [0.25, 0.3) is 0 Å². The molecule has 4 nitrogen and oxygen atoms in total. The third kappa shape index (κ3) is 3.19. The number of fused-ring (bicyclic) bond motifs is 1. The van der Waals surface area contributed by atoms with E-state index >= 15 is 0 Å². The van der Waals surface area contributed by atoms with E-state index in [2.05, 4.69) is 41.8 Å². The fourth-order valence-electron chi connectivity index (χ4n) is 2.35. The first-order valence-corrected chi connectivity index (χ1v) is 8.48. The van der Waals surface area contributed by atoms with E-state index in [0.29, 0.717) is 0 Å². The lowest BCUT2D eigenvalue weighted by Crippen LogP contribution is -2.31. The summed E-state index contributed by atoms with van der Waals surface area (Å²) in [4.78, 5) is 15.6. The standard InChI is InChI=1S/C14H15BrN4S/c1-20-14-17-7-11-9-19(5-4-12(11)18-14)8-10-2-3-13(15)16-6-10/h2-3,6-7H,4-5,8-9H2,1H3. The number of pyridine rings is 1. The van der Waals surface area contributed by atoms with Crippen LogP contribution >= 0.6 is 27.7 Å². The molecule has 0 amide bonds. The van der Waals surface area contributed by atoms with Gasteiger partial charge in [0.25, 0.3) is 0 Å². The van der Waals surface area contributed by atoms with Crippen LogP contribution in [0.5, 0.6) is 0 Å². The summed E-state index contributed by atoms with van der Waals surface area (Å²) in [7, 11) is 0. The number of rotatable bonds is 3. The molecule has 1 aliphatic rings. The largest absolute Gasteiger partial charge is 0.294 e. The van der Waals surface area contributed by atoms with Gasteiger partial charge in [0.2, 0.25) is 0 Å². The molecule has 0 aliphatic carbocycles. The van der Waals surface area contributed by atoms with Gasteiger partial charge in [0, 0.05) is 44.0 Å². The maximum atomic E-state index is 4.59. The Hall–Kier alpha value is -0.980. The zero-order valence-electron chi connectivity index (χ0n) is 11.2. The van der Waals surface area contributed by atoms with E-state index in [9.17, 15) is 0 Å². The van der Waals surface area contributed by atoms with Gasteiger partial charge in [0.1, 0.15) is 4.60 Å². The zero-order chi connectivity index (χ0) is 13.9. The summed E-state index contributed by atoms with van der Waals surface area (Å²) >= 11 is 4.96. The third-order valence-corrected chi connectivity index (χ3v) is 4.40. The molecule has 3 rings (SSSR count). The number of hydrogen-bond acceptors (Lipinski definition) is 5. The van der Waals surface area contributed by atoms with Gasteiger partial charge in [-0.15, -0.1) is 0 Å². The average Bonchev–Trinajstić information content (AvgIpc) is 2.49. The van der Waals surface area contributed by atoms with Crippen molar-refractivity contribution in [2.75, 3.05) is 12.8 Å². The zero-order valence-corrected chi connectivity index (χ0v) is 13.6. The quantitative estimate of drug-likeness (QED) is 0.483. The highest BCUT2D eigenvalue weighted by atomic mass is 79.9. The first-order valence-electron chi connectivity index (χ1n) is 6.46. The molecular weight excluding hydrogens is 336 g/mol. The number of thioether (sulfide) groups is 1. The molecule has 0 unspecified atom stereocenters. The molecule has 6 heteroatoms. The number of halogens is 1. The van der Waals surface area contributed by atoms with E-state index in [1.54, 1.807) is 11.8 Å². The van der Waals surface area contributed by atoms with Crippen molar-refractivity contribution in [3.63, 3.8) is 0 Å². The van der Waals surface area contributed by atoms with Crippen molar-refractivity contribution >= 4 is 27.7 Å². The Labute approximate surface area is 131 Å². The Bertz CT molecular complexity index is 603. The van der Waals surface area contributed by atoms with E-state index in [1.165, 1.54) is 16.8 Å².